The van der Waals surface area contributed by atoms with Crippen molar-refractivity contribution in [1.82, 2.24) is 15.1 Å². The molecule has 2 aromatic carbocycles. The van der Waals surface area contributed by atoms with Crippen molar-refractivity contribution in [3.8, 4) is 5.75 Å². The number of carboxylic acid groups (broad SMARTS) is 1. The first-order chi connectivity index (χ1) is 21.0. The van der Waals surface area contributed by atoms with E-state index in [0.717, 1.165) is 15.3 Å². The van der Waals surface area contributed by atoms with Gasteiger partial charge in [-0.25, -0.2) is 4.79 Å². The van der Waals surface area contributed by atoms with Gasteiger partial charge < -0.3 is 25.0 Å². The Kier molecular flexibility index (Phi) is 12.6. The van der Waals surface area contributed by atoms with Crippen LogP contribution in [0.15, 0.2) is 95.7 Å². The van der Waals surface area contributed by atoms with E-state index in [9.17, 15) is 19.5 Å². The van der Waals surface area contributed by atoms with E-state index >= 15 is 0 Å². The topological polar surface area (TPSA) is 99.2 Å². The monoisotopic (exact) mass is 619 g/mol. The van der Waals surface area contributed by atoms with Gasteiger partial charge in [0.15, 0.2) is 0 Å². The van der Waals surface area contributed by atoms with Gasteiger partial charge in [-0.05, 0) is 59.9 Å². The maximum atomic E-state index is 14.0. The zero-order chi connectivity index (χ0) is 30.3. The molecular weight excluding hydrogens is 583 g/mol. The molecule has 0 radical (unpaired) electrons. The Morgan fingerprint density at radius 1 is 0.767 bits per heavy atom. The van der Waals surface area contributed by atoms with Gasteiger partial charge in [-0.2, -0.15) is 0 Å². The molecule has 2 aromatic heterocycles. The smallest absolute Gasteiger partial charge is 0.407 e. The number of nitrogens with zero attached hydrogens (tertiary/aromatic N) is 2. The number of amides is 3. The number of nitrogens with one attached hydrogen (secondary N) is 1. The molecule has 3 amide bonds. The molecule has 0 aliphatic rings. The summed E-state index contributed by atoms with van der Waals surface area (Å²) in [5, 5.41) is 16.7. The van der Waals surface area contributed by atoms with Gasteiger partial charge in [0.1, 0.15) is 11.8 Å². The van der Waals surface area contributed by atoms with Crippen LogP contribution in [0.25, 0.3) is 0 Å². The number of benzene rings is 2. The Morgan fingerprint density at radius 2 is 1.40 bits per heavy atom. The first-order valence-corrected chi connectivity index (χ1v) is 16.1. The van der Waals surface area contributed by atoms with E-state index in [1.807, 2.05) is 95.7 Å². The molecule has 0 aliphatic carbocycles. The molecule has 2 N–H and O–H groups in total. The molecular formula is C33H37N3O5S2. The van der Waals surface area contributed by atoms with Crippen LogP contribution in [-0.4, -0.2) is 52.0 Å². The van der Waals surface area contributed by atoms with E-state index < -0.39 is 12.1 Å². The molecule has 0 aliphatic heterocycles. The molecule has 1 atom stereocenters. The minimum absolute atomic E-state index is 0.110. The van der Waals surface area contributed by atoms with Crippen LogP contribution < -0.4 is 10.1 Å². The predicted molar refractivity (Wildman–Crippen MR) is 170 cm³/mol. The third-order valence-electron chi connectivity index (χ3n) is 6.80. The van der Waals surface area contributed by atoms with Crippen LogP contribution in [0.2, 0.25) is 0 Å². The lowest BCUT2D eigenvalue weighted by atomic mass is 10.1. The number of rotatable bonds is 17. The molecule has 4 aromatic rings. The molecule has 0 unspecified atom stereocenters. The van der Waals surface area contributed by atoms with Crippen LogP contribution in [0.4, 0.5) is 4.79 Å². The Hall–Kier alpha value is -4.15. The number of thiophene rings is 2. The average molecular weight is 620 g/mol. The molecule has 43 heavy (non-hydrogen) atoms. The normalized spacial score (nSPS) is 11.4. The molecule has 226 valence electrons. The third-order valence-corrected chi connectivity index (χ3v) is 8.52. The van der Waals surface area contributed by atoms with E-state index in [-0.39, 0.29) is 24.8 Å². The van der Waals surface area contributed by atoms with Gasteiger partial charge in [-0.1, -0.05) is 60.7 Å². The summed E-state index contributed by atoms with van der Waals surface area (Å²) in [5.41, 5.74) is 0.917. The molecule has 0 fully saturated rings. The molecule has 8 nitrogen and oxygen atoms in total. The minimum atomic E-state index is -0.985. The van der Waals surface area contributed by atoms with Crippen molar-refractivity contribution in [2.24, 2.45) is 0 Å². The number of carbonyl (C=O) groups is 3. The summed E-state index contributed by atoms with van der Waals surface area (Å²) >= 11 is 3.18. The maximum absolute atomic E-state index is 14.0. The Balaban J connectivity index is 1.40. The highest BCUT2D eigenvalue weighted by molar-refractivity contribution is 7.10. The van der Waals surface area contributed by atoms with Crippen molar-refractivity contribution < 1.29 is 24.2 Å². The maximum Gasteiger partial charge on any atom is 0.407 e. The minimum Gasteiger partial charge on any atom is -0.493 e. The van der Waals surface area contributed by atoms with E-state index in [0.29, 0.717) is 51.2 Å². The number of carbonyl (C=O) groups excluding carboxylic acids is 2. The molecule has 0 saturated carbocycles. The zero-order valence-corrected chi connectivity index (χ0v) is 25.6. The fourth-order valence-electron chi connectivity index (χ4n) is 4.61. The van der Waals surface area contributed by atoms with Gasteiger partial charge in [-0.15, -0.1) is 22.7 Å². The van der Waals surface area contributed by atoms with E-state index in [1.165, 1.54) is 4.90 Å². The summed E-state index contributed by atoms with van der Waals surface area (Å²) in [7, 11) is 0. The van der Waals surface area contributed by atoms with Gasteiger partial charge in [-0.3, -0.25) is 9.59 Å². The summed E-state index contributed by atoms with van der Waals surface area (Å²) in [6, 6.07) is 25.9. The molecule has 0 saturated heterocycles. The first-order valence-electron chi connectivity index (χ1n) is 14.3. The third kappa shape index (κ3) is 10.9. The van der Waals surface area contributed by atoms with Crippen LogP contribution in [0.5, 0.6) is 5.75 Å². The van der Waals surface area contributed by atoms with E-state index in [1.54, 1.807) is 27.6 Å². The second kappa shape index (κ2) is 17.1. The van der Waals surface area contributed by atoms with E-state index in [4.69, 9.17) is 4.74 Å². The van der Waals surface area contributed by atoms with Gasteiger partial charge in [0.2, 0.25) is 11.8 Å². The van der Waals surface area contributed by atoms with Crippen molar-refractivity contribution in [2.45, 2.75) is 51.4 Å². The first kappa shape index (κ1) is 31.8. The average Bonchev–Trinajstić information content (AvgIpc) is 3.73. The SMILES string of the molecule is O=C(CCOc1ccccc1)N[C@@H](CCCCN(Cc1ccccc1)C(=O)O)C(=O)N(Cc1cccs1)Cc1cccs1. The van der Waals surface area contributed by atoms with Gasteiger partial charge in [0.05, 0.1) is 26.1 Å². The fraction of sp³-hybridized carbons (Fsp3) is 0.303. The van der Waals surface area contributed by atoms with Crippen LogP contribution >= 0.6 is 22.7 Å². The van der Waals surface area contributed by atoms with Crippen LogP contribution in [-0.2, 0) is 29.2 Å². The number of ether oxygens (including phenoxy) is 1. The standard InChI is InChI=1S/C33H37N3O5S2/c37-31(18-20-41-27-13-5-2-6-14-27)34-30(17-7-8-19-35(33(39)40)23-26-11-3-1-4-12-26)32(38)36(24-28-15-9-21-42-28)25-29-16-10-22-43-29/h1-6,9-16,21-22,30H,7-8,17-20,23-25H2,(H,34,37)(H,39,40)/t30-/m0/s1. The fourth-order valence-corrected chi connectivity index (χ4v) is 6.05. The lowest BCUT2D eigenvalue weighted by Crippen LogP contribution is -2.48. The summed E-state index contributed by atoms with van der Waals surface area (Å²) in [5.74, 6) is 0.260. The van der Waals surface area contributed by atoms with Crippen molar-refractivity contribution in [2.75, 3.05) is 13.2 Å². The predicted octanol–water partition coefficient (Wildman–Crippen LogP) is 6.64. The second-order valence-electron chi connectivity index (χ2n) is 10.1. The molecule has 10 heteroatoms. The van der Waals surface area contributed by atoms with Crippen molar-refractivity contribution in [1.29, 1.82) is 0 Å². The lowest BCUT2D eigenvalue weighted by Gasteiger charge is -2.28. The second-order valence-corrected chi connectivity index (χ2v) is 12.1. The molecule has 0 bridgehead atoms. The molecule has 4 rings (SSSR count). The zero-order valence-electron chi connectivity index (χ0n) is 24.0. The summed E-state index contributed by atoms with van der Waals surface area (Å²) in [4.78, 5) is 44.2. The highest BCUT2D eigenvalue weighted by Crippen LogP contribution is 2.20. The Bertz CT molecular complexity index is 1350. The van der Waals surface area contributed by atoms with Gasteiger partial charge in [0, 0.05) is 22.8 Å². The van der Waals surface area contributed by atoms with Crippen LogP contribution in [0, 0.1) is 0 Å². The number of unbranched alkanes of at least 4 members (excludes halogenated alkanes) is 1. The largest absolute Gasteiger partial charge is 0.493 e. The Labute approximate surface area is 260 Å². The van der Waals surface area contributed by atoms with E-state index in [2.05, 4.69) is 5.32 Å². The Morgan fingerprint density at radius 3 is 1.98 bits per heavy atom. The van der Waals surface area contributed by atoms with Gasteiger partial charge >= 0.3 is 6.09 Å². The quantitative estimate of drug-likeness (QED) is 0.129. The molecule has 0 spiro atoms. The lowest BCUT2D eigenvalue weighted by molar-refractivity contribution is -0.137. The number of para-hydroxylation sites is 1. The summed E-state index contributed by atoms with van der Waals surface area (Å²) in [6.07, 6.45) is 0.654. The summed E-state index contributed by atoms with van der Waals surface area (Å²) in [6.45, 7) is 1.71. The van der Waals surface area contributed by atoms with Crippen LogP contribution in [0.1, 0.15) is 41.0 Å². The van der Waals surface area contributed by atoms with Gasteiger partial charge in [0.25, 0.3) is 0 Å². The highest BCUT2D eigenvalue weighted by atomic mass is 32.1. The van der Waals surface area contributed by atoms with Crippen molar-refractivity contribution >= 4 is 40.6 Å². The number of hydrogen-bond acceptors (Lipinski definition) is 6. The van der Waals surface area contributed by atoms with Crippen molar-refractivity contribution in [3.63, 3.8) is 0 Å². The summed E-state index contributed by atoms with van der Waals surface area (Å²) < 4.78 is 5.69. The number of hydrogen-bond donors (Lipinski definition) is 2. The highest BCUT2D eigenvalue weighted by Gasteiger charge is 2.27. The van der Waals surface area contributed by atoms with Crippen molar-refractivity contribution in [3.05, 3.63) is 111 Å². The molecule has 2 heterocycles. The van der Waals surface area contributed by atoms with Crippen LogP contribution in [0.3, 0.4) is 0 Å².